The molecule has 8 nitrogen and oxygen atoms in total. The summed E-state index contributed by atoms with van der Waals surface area (Å²) in [4.78, 5) is 38.4. The summed E-state index contributed by atoms with van der Waals surface area (Å²) in [6, 6.07) is 8.86. The molecule has 0 spiro atoms. The normalized spacial score (nSPS) is 11.8. The summed E-state index contributed by atoms with van der Waals surface area (Å²) in [5.41, 5.74) is 1.15. The van der Waals surface area contributed by atoms with Crippen LogP contribution >= 0.6 is 11.3 Å². The van der Waals surface area contributed by atoms with Gasteiger partial charge >= 0.3 is 5.97 Å². The lowest BCUT2D eigenvalue weighted by Gasteiger charge is -2.10. The van der Waals surface area contributed by atoms with Crippen molar-refractivity contribution in [2.24, 2.45) is 0 Å². The van der Waals surface area contributed by atoms with Crippen molar-refractivity contribution in [1.29, 1.82) is 0 Å². The van der Waals surface area contributed by atoms with Gasteiger partial charge < -0.3 is 4.74 Å². The van der Waals surface area contributed by atoms with Crippen LogP contribution in [-0.4, -0.2) is 27.9 Å². The lowest BCUT2D eigenvalue weighted by atomic mass is 10.2. The third kappa shape index (κ3) is 5.79. The van der Waals surface area contributed by atoms with Gasteiger partial charge in [0.2, 0.25) is 0 Å². The summed E-state index contributed by atoms with van der Waals surface area (Å²) in [5.74, 6) is -3.40. The molecule has 1 N–H and O–H groups in total. The van der Waals surface area contributed by atoms with Gasteiger partial charge in [0.05, 0.1) is 10.6 Å². The smallest absolute Gasteiger partial charge is 0.331 e. The average molecular weight is 459 g/mol. The number of amides is 1. The van der Waals surface area contributed by atoms with E-state index < -0.39 is 34.5 Å². The summed E-state index contributed by atoms with van der Waals surface area (Å²) in [6.45, 7) is 1.37. The quantitative estimate of drug-likeness (QED) is 0.240. The first-order chi connectivity index (χ1) is 15.2. The van der Waals surface area contributed by atoms with Gasteiger partial charge in [-0.1, -0.05) is 0 Å². The van der Waals surface area contributed by atoms with Crippen molar-refractivity contribution in [1.82, 2.24) is 4.98 Å². The molecule has 2 aromatic carbocycles. The van der Waals surface area contributed by atoms with Crippen molar-refractivity contribution in [3.63, 3.8) is 0 Å². The van der Waals surface area contributed by atoms with Crippen LogP contribution in [0.2, 0.25) is 0 Å². The van der Waals surface area contributed by atoms with Crippen LogP contribution in [0.15, 0.2) is 53.9 Å². The number of hydrogen-bond acceptors (Lipinski definition) is 7. The number of nitrogens with one attached hydrogen (secondary N) is 1. The fourth-order valence-electron chi connectivity index (χ4n) is 2.46. The number of carbonyl (C=O) groups excluding carboxylic acids is 2. The molecule has 0 aliphatic carbocycles. The van der Waals surface area contributed by atoms with Gasteiger partial charge in [-0.15, -0.1) is 11.3 Å². The number of hydrogen-bond donors (Lipinski definition) is 1. The number of thiazole rings is 1. The third-order valence-corrected chi connectivity index (χ3v) is 4.89. The van der Waals surface area contributed by atoms with Crippen LogP contribution in [0.25, 0.3) is 17.3 Å². The lowest BCUT2D eigenvalue weighted by molar-refractivity contribution is -0.384. The Morgan fingerprint density at radius 3 is 2.56 bits per heavy atom. The highest BCUT2D eigenvalue weighted by Crippen LogP contribution is 2.26. The minimum atomic E-state index is -1.14. The maximum Gasteiger partial charge on any atom is 0.331 e. The minimum absolute atomic E-state index is 0.0788. The topological polar surface area (TPSA) is 111 Å². The summed E-state index contributed by atoms with van der Waals surface area (Å²) < 4.78 is 31.5. The molecule has 32 heavy (non-hydrogen) atoms. The van der Waals surface area contributed by atoms with Crippen LogP contribution in [0.3, 0.4) is 0 Å². The Balaban J connectivity index is 1.55. The Kier molecular flexibility index (Phi) is 7.00. The highest BCUT2D eigenvalue weighted by atomic mass is 32.1. The van der Waals surface area contributed by atoms with Crippen LogP contribution in [0.4, 0.5) is 19.6 Å². The fraction of sp³-hybridized carbons (Fsp3) is 0.0952. The van der Waals surface area contributed by atoms with Crippen LogP contribution in [-0.2, 0) is 14.3 Å². The number of anilines is 1. The summed E-state index contributed by atoms with van der Waals surface area (Å²) in [6.07, 6.45) is 1.35. The molecular formula is C21H15F2N3O5S. The minimum Gasteiger partial charge on any atom is -0.449 e. The molecule has 11 heteroatoms. The number of benzene rings is 2. The number of ether oxygens (including phenoxy) is 1. The second-order valence-electron chi connectivity index (χ2n) is 6.42. The zero-order valence-electron chi connectivity index (χ0n) is 16.5. The molecule has 3 aromatic rings. The zero-order chi connectivity index (χ0) is 23.3. The predicted octanol–water partition coefficient (Wildman–Crippen LogP) is 4.58. The molecule has 1 unspecified atom stereocenters. The van der Waals surface area contributed by atoms with Gasteiger partial charge in [0.15, 0.2) is 22.9 Å². The SMILES string of the molecule is CC(OC(=O)C=Cc1ccc([N+](=O)[O-])cc1)C(=O)Nc1nc(-c2ccc(F)c(F)c2)cs1. The van der Waals surface area contributed by atoms with Crippen molar-refractivity contribution in [2.45, 2.75) is 13.0 Å². The predicted molar refractivity (Wildman–Crippen MR) is 114 cm³/mol. The molecule has 1 aromatic heterocycles. The first-order valence-electron chi connectivity index (χ1n) is 9.08. The second-order valence-corrected chi connectivity index (χ2v) is 7.28. The number of non-ortho nitro benzene ring substituents is 1. The van der Waals surface area contributed by atoms with E-state index in [1.165, 1.54) is 43.3 Å². The van der Waals surface area contributed by atoms with Crippen LogP contribution in [0.1, 0.15) is 12.5 Å². The average Bonchev–Trinajstić information content (AvgIpc) is 3.22. The van der Waals surface area contributed by atoms with Gasteiger partial charge in [-0.2, -0.15) is 0 Å². The number of esters is 1. The first kappa shape index (κ1) is 22.7. The zero-order valence-corrected chi connectivity index (χ0v) is 17.3. The number of nitrogens with zero attached hydrogens (tertiary/aromatic N) is 2. The van der Waals surface area contributed by atoms with Gasteiger partial charge in [-0.3, -0.25) is 20.2 Å². The van der Waals surface area contributed by atoms with E-state index in [1.54, 1.807) is 5.38 Å². The Hall–Kier alpha value is -3.99. The van der Waals surface area contributed by atoms with E-state index in [4.69, 9.17) is 4.74 Å². The van der Waals surface area contributed by atoms with Crippen molar-refractivity contribution in [3.8, 4) is 11.3 Å². The molecule has 1 atom stereocenters. The molecular weight excluding hydrogens is 444 g/mol. The molecule has 3 rings (SSSR count). The standard InChI is InChI=1S/C21H15F2N3O5S/c1-12(31-19(27)9-4-13-2-6-15(7-3-13)26(29)30)20(28)25-21-24-18(11-32-21)14-5-8-16(22)17(23)10-14/h2-12H,1H3,(H,24,25,28). The number of rotatable bonds is 7. The molecule has 0 radical (unpaired) electrons. The molecule has 1 amide bonds. The van der Waals surface area contributed by atoms with E-state index in [-0.39, 0.29) is 10.8 Å². The number of nitro groups is 1. The maximum atomic E-state index is 13.4. The monoisotopic (exact) mass is 459 g/mol. The Labute approximate surface area is 184 Å². The lowest BCUT2D eigenvalue weighted by Crippen LogP contribution is -2.29. The van der Waals surface area contributed by atoms with Crippen LogP contribution in [0, 0.1) is 21.7 Å². The van der Waals surface area contributed by atoms with E-state index in [9.17, 15) is 28.5 Å². The third-order valence-electron chi connectivity index (χ3n) is 4.13. The number of carbonyl (C=O) groups is 2. The van der Waals surface area contributed by atoms with Gasteiger partial charge in [0.1, 0.15) is 0 Å². The Morgan fingerprint density at radius 2 is 1.91 bits per heavy atom. The highest BCUT2D eigenvalue weighted by molar-refractivity contribution is 7.14. The highest BCUT2D eigenvalue weighted by Gasteiger charge is 2.18. The van der Waals surface area contributed by atoms with Gasteiger partial charge in [0, 0.05) is 29.2 Å². The van der Waals surface area contributed by atoms with E-state index in [1.807, 2.05) is 0 Å². The van der Waals surface area contributed by atoms with Crippen LogP contribution in [0.5, 0.6) is 0 Å². The van der Waals surface area contributed by atoms with Crippen molar-refractivity contribution in [2.75, 3.05) is 5.32 Å². The molecule has 0 bridgehead atoms. The number of halogens is 2. The number of aromatic nitrogens is 1. The molecule has 0 saturated heterocycles. The van der Waals surface area contributed by atoms with E-state index in [2.05, 4.69) is 10.3 Å². The van der Waals surface area contributed by atoms with Crippen molar-refractivity contribution in [3.05, 3.63) is 81.2 Å². The fourth-order valence-corrected chi connectivity index (χ4v) is 3.19. The summed E-state index contributed by atoms with van der Waals surface area (Å²) in [7, 11) is 0. The second kappa shape index (κ2) is 9.88. The van der Waals surface area contributed by atoms with Gasteiger partial charge in [-0.25, -0.2) is 18.6 Å². The molecule has 0 fully saturated rings. The molecule has 1 heterocycles. The van der Waals surface area contributed by atoms with Gasteiger partial charge in [-0.05, 0) is 48.9 Å². The van der Waals surface area contributed by atoms with Gasteiger partial charge in [0.25, 0.3) is 11.6 Å². The maximum absolute atomic E-state index is 13.4. The molecule has 0 aliphatic rings. The largest absolute Gasteiger partial charge is 0.449 e. The molecule has 164 valence electrons. The number of nitro benzene ring substituents is 1. The van der Waals surface area contributed by atoms with Crippen LogP contribution < -0.4 is 5.32 Å². The van der Waals surface area contributed by atoms with E-state index in [0.717, 1.165) is 29.5 Å². The van der Waals surface area contributed by atoms with E-state index in [0.29, 0.717) is 16.8 Å². The van der Waals surface area contributed by atoms with Crippen molar-refractivity contribution < 1.29 is 28.0 Å². The summed E-state index contributed by atoms with van der Waals surface area (Å²) in [5, 5.41) is 14.9. The van der Waals surface area contributed by atoms with Crippen molar-refractivity contribution >= 4 is 40.1 Å². The first-order valence-corrected chi connectivity index (χ1v) is 9.96. The molecule has 0 saturated carbocycles. The Morgan fingerprint density at radius 1 is 1.19 bits per heavy atom. The Bertz CT molecular complexity index is 1190. The molecule has 0 aliphatic heterocycles. The summed E-state index contributed by atoms with van der Waals surface area (Å²) >= 11 is 1.07. The van der Waals surface area contributed by atoms with E-state index >= 15 is 0 Å².